The Morgan fingerprint density at radius 3 is 2.67 bits per heavy atom. The molecule has 0 N–H and O–H groups in total. The normalized spacial score (nSPS) is 22.5. The second-order valence-corrected chi connectivity index (χ2v) is 11.0. The van der Waals surface area contributed by atoms with Gasteiger partial charge in [-0.15, -0.1) is 0 Å². The molecule has 9 heteroatoms. The number of ether oxygens (including phenoxy) is 1. The van der Waals surface area contributed by atoms with E-state index in [1.54, 1.807) is 4.90 Å². The third-order valence-corrected chi connectivity index (χ3v) is 8.72. The van der Waals surface area contributed by atoms with Gasteiger partial charge in [-0.1, -0.05) is 49.0 Å². The van der Waals surface area contributed by atoms with E-state index in [2.05, 4.69) is 47.7 Å². The lowest BCUT2D eigenvalue weighted by Crippen LogP contribution is -2.63. The van der Waals surface area contributed by atoms with Crippen molar-refractivity contribution in [3.63, 3.8) is 0 Å². The van der Waals surface area contributed by atoms with Crippen molar-refractivity contribution in [1.82, 2.24) is 24.8 Å². The lowest BCUT2D eigenvalue weighted by atomic mass is 9.96. The summed E-state index contributed by atoms with van der Waals surface area (Å²) in [5, 5.41) is 3.10. The van der Waals surface area contributed by atoms with Crippen molar-refractivity contribution in [2.75, 3.05) is 38.2 Å². The molecule has 204 valence electrons. The summed E-state index contributed by atoms with van der Waals surface area (Å²) in [4.78, 5) is 33.0. The van der Waals surface area contributed by atoms with E-state index in [0.717, 1.165) is 59.0 Å². The summed E-state index contributed by atoms with van der Waals surface area (Å²) in [5.41, 5.74) is 2.43. The van der Waals surface area contributed by atoms with Crippen LogP contribution >= 0.6 is 0 Å². The van der Waals surface area contributed by atoms with Crippen molar-refractivity contribution in [2.24, 2.45) is 0 Å². The van der Waals surface area contributed by atoms with Gasteiger partial charge in [0.25, 0.3) is 5.91 Å². The van der Waals surface area contributed by atoms with Crippen LogP contribution in [-0.2, 0) is 4.79 Å². The van der Waals surface area contributed by atoms with E-state index < -0.39 is 11.7 Å². The van der Waals surface area contributed by atoms with Gasteiger partial charge in [-0.05, 0) is 55.8 Å². The monoisotopic (exact) mass is 538 g/mol. The molecule has 0 bridgehead atoms. The number of rotatable bonds is 6. The Morgan fingerprint density at radius 1 is 1.00 bits per heavy atom. The molecule has 3 atom stereocenters. The highest BCUT2D eigenvalue weighted by Crippen LogP contribution is 2.40. The highest BCUT2D eigenvalue weighted by Gasteiger charge is 2.50. The first-order valence-corrected chi connectivity index (χ1v) is 13.9. The minimum Gasteiger partial charge on any atom is -0.462 e. The topological polar surface area (TPSA) is 74.7 Å². The molecule has 3 saturated heterocycles. The molecule has 2 aromatic heterocycles. The average molecular weight is 539 g/mol. The Hall–Kier alpha value is -4.11. The number of carbonyl (C=O) groups excluding carboxylic acids is 1. The molecule has 4 aromatic rings. The predicted octanol–water partition coefficient (Wildman–Crippen LogP) is 4.59. The standard InChI is InChI=1S/C31H31FN6O2/c1-19(32)30(39)37-16-14-26-27(37)17-38(26)29-24-12-13-25(23-11-5-8-20-7-3-4-10-22(20)23)33-28(24)34-31(35-29)40-18-21-9-6-15-36(21)2/h3-5,7-8,10-13,21,26-27H,1,6,9,14-18H2,2H3/t21-,26+,27+/m0/s1. The van der Waals surface area contributed by atoms with Gasteiger partial charge in [0.15, 0.2) is 11.5 Å². The number of fused-ring (bicyclic) bond motifs is 3. The zero-order valence-corrected chi connectivity index (χ0v) is 22.5. The molecule has 1 amide bonds. The summed E-state index contributed by atoms with van der Waals surface area (Å²) < 4.78 is 19.8. The van der Waals surface area contributed by atoms with E-state index >= 15 is 0 Å². The molecule has 0 unspecified atom stereocenters. The molecule has 7 rings (SSSR count). The number of nitrogens with zero attached hydrogens (tertiary/aromatic N) is 6. The Balaban J connectivity index is 1.27. The van der Waals surface area contributed by atoms with Crippen LogP contribution in [0.1, 0.15) is 19.3 Å². The Morgan fingerprint density at radius 2 is 1.85 bits per heavy atom. The number of pyridine rings is 1. The minimum absolute atomic E-state index is 0.0490. The van der Waals surface area contributed by atoms with Gasteiger partial charge in [0.1, 0.15) is 12.4 Å². The first kappa shape index (κ1) is 24.9. The molecule has 3 fully saturated rings. The maximum absolute atomic E-state index is 13.6. The van der Waals surface area contributed by atoms with Crippen molar-refractivity contribution in [2.45, 2.75) is 37.4 Å². The smallest absolute Gasteiger partial charge is 0.320 e. The number of amides is 1. The molecule has 0 spiro atoms. The Bertz CT molecular complexity index is 1640. The fraction of sp³-hybridized carbons (Fsp3) is 0.355. The summed E-state index contributed by atoms with van der Waals surface area (Å²) in [5.74, 6) is -0.790. The van der Waals surface area contributed by atoms with Gasteiger partial charge in [0.2, 0.25) is 0 Å². The molecule has 2 aromatic carbocycles. The zero-order chi connectivity index (χ0) is 27.4. The first-order valence-electron chi connectivity index (χ1n) is 13.9. The van der Waals surface area contributed by atoms with Crippen LogP contribution in [-0.4, -0.2) is 82.1 Å². The number of carbonyl (C=O) groups is 1. The van der Waals surface area contributed by atoms with Gasteiger partial charge in [-0.3, -0.25) is 4.79 Å². The van der Waals surface area contributed by atoms with Crippen LogP contribution in [0, 0.1) is 0 Å². The molecule has 0 radical (unpaired) electrons. The van der Waals surface area contributed by atoms with Gasteiger partial charge in [-0.2, -0.15) is 9.97 Å². The summed E-state index contributed by atoms with van der Waals surface area (Å²) in [6, 6.07) is 19.1. The molecular formula is C31H31FN6O2. The van der Waals surface area contributed by atoms with Crippen molar-refractivity contribution in [1.29, 1.82) is 0 Å². The van der Waals surface area contributed by atoms with Crippen molar-refractivity contribution in [3.8, 4) is 17.3 Å². The van der Waals surface area contributed by atoms with Gasteiger partial charge >= 0.3 is 6.01 Å². The second-order valence-electron chi connectivity index (χ2n) is 11.0. The average Bonchev–Trinajstić information content (AvgIpc) is 3.52. The largest absolute Gasteiger partial charge is 0.462 e. The number of likely N-dealkylation sites (tertiary alicyclic amines) is 2. The van der Waals surface area contributed by atoms with E-state index in [1.165, 1.54) is 0 Å². The van der Waals surface area contributed by atoms with Crippen molar-refractivity contribution < 1.29 is 13.9 Å². The number of likely N-dealkylation sites (N-methyl/N-ethyl adjacent to an activating group) is 1. The van der Waals surface area contributed by atoms with Gasteiger partial charge in [-0.25, -0.2) is 9.37 Å². The van der Waals surface area contributed by atoms with Crippen LogP contribution in [0.4, 0.5) is 10.2 Å². The van der Waals surface area contributed by atoms with Crippen molar-refractivity contribution >= 4 is 33.5 Å². The van der Waals surface area contributed by atoms with Crippen molar-refractivity contribution in [3.05, 3.63) is 67.0 Å². The molecule has 0 aliphatic carbocycles. The molecular weight excluding hydrogens is 507 g/mol. The Kier molecular flexibility index (Phi) is 6.11. The highest BCUT2D eigenvalue weighted by molar-refractivity contribution is 5.98. The van der Waals surface area contributed by atoms with E-state index in [4.69, 9.17) is 19.7 Å². The number of hydrogen-bond acceptors (Lipinski definition) is 7. The van der Waals surface area contributed by atoms with E-state index in [-0.39, 0.29) is 12.1 Å². The number of anilines is 1. The number of hydrogen-bond donors (Lipinski definition) is 0. The van der Waals surface area contributed by atoms with Crippen LogP contribution < -0.4 is 9.64 Å². The molecule has 40 heavy (non-hydrogen) atoms. The van der Waals surface area contributed by atoms with E-state index in [0.29, 0.717) is 37.4 Å². The van der Waals surface area contributed by atoms with Crippen LogP contribution in [0.5, 0.6) is 6.01 Å². The lowest BCUT2D eigenvalue weighted by molar-refractivity contribution is -0.130. The van der Waals surface area contributed by atoms with E-state index in [1.807, 2.05) is 30.3 Å². The van der Waals surface area contributed by atoms with Crippen LogP contribution in [0.15, 0.2) is 67.0 Å². The third-order valence-electron chi connectivity index (χ3n) is 8.72. The quantitative estimate of drug-likeness (QED) is 0.333. The van der Waals surface area contributed by atoms with Gasteiger partial charge in [0, 0.05) is 24.7 Å². The van der Waals surface area contributed by atoms with E-state index in [9.17, 15) is 9.18 Å². The van der Waals surface area contributed by atoms with Gasteiger partial charge in [0.05, 0.1) is 23.2 Å². The summed E-state index contributed by atoms with van der Waals surface area (Å²) in [6.07, 6.45) is 2.97. The van der Waals surface area contributed by atoms with Gasteiger partial charge < -0.3 is 19.4 Å². The van der Waals surface area contributed by atoms with Crippen LogP contribution in [0.2, 0.25) is 0 Å². The molecule has 8 nitrogen and oxygen atoms in total. The maximum atomic E-state index is 13.6. The summed E-state index contributed by atoms with van der Waals surface area (Å²) in [7, 11) is 2.12. The third kappa shape index (κ3) is 4.16. The summed E-state index contributed by atoms with van der Waals surface area (Å²) >= 11 is 0. The first-order chi connectivity index (χ1) is 19.5. The number of benzene rings is 2. The molecule has 5 heterocycles. The SMILES string of the molecule is C=C(F)C(=O)N1CC[C@@H]2[C@H]1CN2c1nc(OC[C@@H]2CCCN2C)nc2nc(-c3cccc4ccccc34)ccc12. The molecule has 3 aliphatic rings. The predicted molar refractivity (Wildman–Crippen MR) is 153 cm³/mol. The highest BCUT2D eigenvalue weighted by atomic mass is 19.1. The van der Waals surface area contributed by atoms with Crippen LogP contribution in [0.25, 0.3) is 33.1 Å². The number of halogens is 1. The molecule has 3 aliphatic heterocycles. The maximum Gasteiger partial charge on any atom is 0.320 e. The second kappa shape index (κ2) is 9.82. The number of aromatic nitrogens is 3. The fourth-order valence-electron chi connectivity index (χ4n) is 6.49. The lowest BCUT2D eigenvalue weighted by Gasteiger charge is -2.47. The van der Waals surface area contributed by atoms with Crippen LogP contribution in [0.3, 0.4) is 0 Å². The minimum atomic E-state index is -0.913. The molecule has 0 saturated carbocycles. The fourth-order valence-corrected chi connectivity index (χ4v) is 6.49. The summed E-state index contributed by atoms with van der Waals surface area (Å²) in [6.45, 7) is 5.83. The zero-order valence-electron chi connectivity index (χ0n) is 22.5. The Labute approximate surface area is 232 Å².